The second kappa shape index (κ2) is 5.66. The van der Waals surface area contributed by atoms with E-state index in [0.29, 0.717) is 0 Å². The van der Waals surface area contributed by atoms with Crippen molar-refractivity contribution in [1.29, 1.82) is 0 Å². The van der Waals surface area contributed by atoms with Crippen molar-refractivity contribution in [2.75, 3.05) is 0 Å². The van der Waals surface area contributed by atoms with Crippen LogP contribution in [0.5, 0.6) is 0 Å². The first kappa shape index (κ1) is 17.5. The fourth-order valence-electron chi connectivity index (χ4n) is 1.41. The first-order chi connectivity index (χ1) is 8.35. The van der Waals surface area contributed by atoms with Crippen LogP contribution in [0, 0.1) is 0 Å². The van der Waals surface area contributed by atoms with Gasteiger partial charge < -0.3 is 9.84 Å². The summed E-state index contributed by atoms with van der Waals surface area (Å²) in [5.41, 5.74) is -4.35. The first-order valence-corrected chi connectivity index (χ1v) is 5.67. The molecule has 0 heterocycles. The molecule has 0 aliphatic rings. The highest BCUT2D eigenvalue weighted by Gasteiger charge is 2.61. The third-order valence-corrected chi connectivity index (χ3v) is 2.19. The molecule has 5 nitrogen and oxygen atoms in total. The highest BCUT2D eigenvalue weighted by molar-refractivity contribution is 5.85. The maximum Gasteiger partial charge on any atom is 0.422 e. The molecule has 0 aliphatic carbocycles. The van der Waals surface area contributed by atoms with Gasteiger partial charge in [-0.3, -0.25) is 5.32 Å². The third-order valence-electron chi connectivity index (χ3n) is 2.19. The van der Waals surface area contributed by atoms with E-state index in [1.807, 2.05) is 0 Å². The molecule has 0 aromatic rings. The molecule has 0 rings (SSSR count). The Kier molecular flexibility index (Phi) is 5.23. The number of nitrogens with one attached hydrogen (secondary N) is 1. The zero-order valence-electron chi connectivity index (χ0n) is 11.2. The largest absolute Gasteiger partial charge is 0.479 e. The Morgan fingerprint density at radius 1 is 1.21 bits per heavy atom. The molecular formula is C11H18F3NO4. The third kappa shape index (κ3) is 4.60. The molecule has 0 radical (unpaired) electrons. The van der Waals surface area contributed by atoms with Gasteiger partial charge in [0.1, 0.15) is 5.60 Å². The summed E-state index contributed by atoms with van der Waals surface area (Å²) >= 11 is 0. The smallest absolute Gasteiger partial charge is 0.422 e. The number of alkyl halides is 3. The minimum absolute atomic E-state index is 0.0678. The van der Waals surface area contributed by atoms with Crippen molar-refractivity contribution >= 4 is 12.1 Å². The second-order valence-electron chi connectivity index (χ2n) is 5.09. The van der Waals surface area contributed by atoms with E-state index in [1.165, 1.54) is 33.0 Å². The molecule has 0 saturated heterocycles. The summed E-state index contributed by atoms with van der Waals surface area (Å²) in [5.74, 6) is -2.16. The lowest BCUT2D eigenvalue weighted by Crippen LogP contribution is -2.64. The quantitative estimate of drug-likeness (QED) is 0.832. The summed E-state index contributed by atoms with van der Waals surface area (Å²) in [6.45, 7) is 5.77. The molecule has 112 valence electrons. The van der Waals surface area contributed by atoms with Crippen molar-refractivity contribution in [3.63, 3.8) is 0 Å². The Hall–Kier alpha value is -1.47. The molecule has 2 N–H and O–H groups in total. The zero-order valence-corrected chi connectivity index (χ0v) is 11.2. The maximum absolute atomic E-state index is 13.0. The molecule has 19 heavy (non-hydrogen) atoms. The number of ether oxygens (including phenoxy) is 1. The van der Waals surface area contributed by atoms with E-state index >= 15 is 0 Å². The molecule has 0 bridgehead atoms. The molecule has 0 saturated carbocycles. The lowest BCUT2D eigenvalue weighted by Gasteiger charge is -2.33. The van der Waals surface area contributed by atoms with Crippen LogP contribution in [0.25, 0.3) is 0 Å². The van der Waals surface area contributed by atoms with E-state index < -0.39 is 35.8 Å². The van der Waals surface area contributed by atoms with Gasteiger partial charge in [0.15, 0.2) is 0 Å². The number of aliphatic carboxylic acids is 1. The van der Waals surface area contributed by atoms with Crippen molar-refractivity contribution in [1.82, 2.24) is 5.32 Å². The minimum atomic E-state index is -5.12. The van der Waals surface area contributed by atoms with Crippen LogP contribution in [-0.2, 0) is 9.53 Å². The summed E-state index contributed by atoms with van der Waals surface area (Å²) in [6.07, 6.45) is -7.38. The fourth-order valence-corrected chi connectivity index (χ4v) is 1.41. The van der Waals surface area contributed by atoms with Crippen LogP contribution >= 0.6 is 0 Å². The van der Waals surface area contributed by atoms with Crippen molar-refractivity contribution in [2.45, 2.75) is 57.9 Å². The zero-order chi connectivity index (χ0) is 15.5. The van der Waals surface area contributed by atoms with E-state index in [-0.39, 0.29) is 6.42 Å². The number of carbonyl (C=O) groups is 2. The molecule has 0 aromatic carbocycles. The molecular weight excluding hydrogens is 267 g/mol. The van der Waals surface area contributed by atoms with Crippen LogP contribution < -0.4 is 5.32 Å². The molecule has 1 unspecified atom stereocenters. The summed E-state index contributed by atoms with van der Waals surface area (Å²) in [6, 6.07) is 0. The normalized spacial score (nSPS) is 15.5. The van der Waals surface area contributed by atoms with Gasteiger partial charge in [-0.15, -0.1) is 0 Å². The van der Waals surface area contributed by atoms with Crippen molar-refractivity contribution in [2.24, 2.45) is 0 Å². The fraction of sp³-hybridized carbons (Fsp3) is 0.818. The standard InChI is InChI=1S/C11H18F3NO4/c1-5-6-10(7(16)17,11(12,13)14)15-8(18)19-9(2,3)4/h5-6H2,1-4H3,(H,15,18)(H,16,17). The average Bonchev–Trinajstić information content (AvgIpc) is 2.11. The maximum atomic E-state index is 13.0. The van der Waals surface area contributed by atoms with Gasteiger partial charge in [0.25, 0.3) is 0 Å². The monoisotopic (exact) mass is 285 g/mol. The predicted molar refractivity (Wildman–Crippen MR) is 60.7 cm³/mol. The minimum Gasteiger partial charge on any atom is -0.479 e. The van der Waals surface area contributed by atoms with E-state index in [4.69, 9.17) is 5.11 Å². The van der Waals surface area contributed by atoms with Gasteiger partial charge in [-0.1, -0.05) is 13.3 Å². The van der Waals surface area contributed by atoms with Crippen molar-refractivity contribution in [3.05, 3.63) is 0 Å². The predicted octanol–water partition coefficient (Wildman–Crippen LogP) is 2.70. The highest BCUT2D eigenvalue weighted by atomic mass is 19.4. The number of hydrogen-bond donors (Lipinski definition) is 2. The number of hydrogen-bond acceptors (Lipinski definition) is 3. The van der Waals surface area contributed by atoms with E-state index in [0.717, 1.165) is 0 Å². The van der Waals surface area contributed by atoms with E-state index in [9.17, 15) is 22.8 Å². The van der Waals surface area contributed by atoms with Gasteiger partial charge in [0.05, 0.1) is 0 Å². The molecule has 0 spiro atoms. The number of carbonyl (C=O) groups excluding carboxylic acids is 1. The van der Waals surface area contributed by atoms with Gasteiger partial charge in [-0.05, 0) is 27.2 Å². The van der Waals surface area contributed by atoms with Crippen LogP contribution in [0.2, 0.25) is 0 Å². The van der Waals surface area contributed by atoms with Crippen LogP contribution in [0.1, 0.15) is 40.5 Å². The summed E-state index contributed by atoms with van der Waals surface area (Å²) in [7, 11) is 0. The number of carboxylic acid groups (broad SMARTS) is 1. The Morgan fingerprint density at radius 2 is 1.68 bits per heavy atom. The van der Waals surface area contributed by atoms with Gasteiger partial charge in [-0.25, -0.2) is 9.59 Å². The van der Waals surface area contributed by atoms with Crippen LogP contribution in [0.3, 0.4) is 0 Å². The Bertz CT molecular complexity index is 349. The number of rotatable bonds is 4. The van der Waals surface area contributed by atoms with Crippen LogP contribution in [0.4, 0.5) is 18.0 Å². The average molecular weight is 285 g/mol. The van der Waals surface area contributed by atoms with Crippen molar-refractivity contribution in [3.8, 4) is 0 Å². The van der Waals surface area contributed by atoms with Gasteiger partial charge in [0, 0.05) is 0 Å². The Balaban J connectivity index is 5.28. The summed E-state index contributed by atoms with van der Waals surface area (Å²) in [5, 5.41) is 10.3. The first-order valence-electron chi connectivity index (χ1n) is 5.67. The molecule has 8 heteroatoms. The van der Waals surface area contributed by atoms with Crippen LogP contribution in [-0.4, -0.2) is 34.5 Å². The molecule has 1 amide bonds. The summed E-state index contributed by atoms with van der Waals surface area (Å²) < 4.78 is 43.5. The van der Waals surface area contributed by atoms with E-state index in [1.54, 1.807) is 0 Å². The van der Waals surface area contributed by atoms with Crippen molar-refractivity contribution < 1.29 is 32.6 Å². The van der Waals surface area contributed by atoms with Gasteiger partial charge in [0.2, 0.25) is 5.54 Å². The highest BCUT2D eigenvalue weighted by Crippen LogP contribution is 2.34. The SMILES string of the molecule is CCCC(NC(=O)OC(C)(C)C)(C(=O)O)C(F)(F)F. The molecule has 0 fully saturated rings. The Morgan fingerprint density at radius 3 is 1.95 bits per heavy atom. The van der Waals surface area contributed by atoms with E-state index in [2.05, 4.69) is 4.74 Å². The van der Waals surface area contributed by atoms with Gasteiger partial charge >= 0.3 is 18.2 Å². The lowest BCUT2D eigenvalue weighted by molar-refractivity contribution is -0.210. The molecule has 0 aliphatic heterocycles. The number of alkyl carbamates (subject to hydrolysis) is 1. The number of halogens is 3. The topological polar surface area (TPSA) is 75.6 Å². The Labute approximate surface area is 109 Å². The lowest BCUT2D eigenvalue weighted by atomic mass is 9.93. The number of amides is 1. The second-order valence-corrected chi connectivity index (χ2v) is 5.09. The van der Waals surface area contributed by atoms with Gasteiger partial charge in [-0.2, -0.15) is 13.2 Å². The molecule has 1 atom stereocenters. The number of carboxylic acids is 1. The summed E-state index contributed by atoms with van der Waals surface area (Å²) in [4.78, 5) is 22.4. The molecule has 0 aromatic heterocycles. The van der Waals surface area contributed by atoms with Crippen LogP contribution in [0.15, 0.2) is 0 Å².